The van der Waals surface area contributed by atoms with Crippen molar-refractivity contribution in [2.75, 3.05) is 23.3 Å². The van der Waals surface area contributed by atoms with Gasteiger partial charge in [-0.1, -0.05) is 12.1 Å². The number of aromatic nitrogens is 4. The van der Waals surface area contributed by atoms with Crippen molar-refractivity contribution in [2.45, 2.75) is 37.6 Å². The number of anilines is 2. The first kappa shape index (κ1) is 15.5. The molecular formula is C20H22N6. The van der Waals surface area contributed by atoms with E-state index in [0.29, 0.717) is 12.0 Å². The third-order valence-corrected chi connectivity index (χ3v) is 5.46. The van der Waals surface area contributed by atoms with Crippen LogP contribution in [-0.2, 0) is 0 Å². The highest BCUT2D eigenvalue weighted by Gasteiger charge is 2.32. The Bertz CT molecular complexity index is 915. The molecule has 26 heavy (non-hydrogen) atoms. The maximum Gasteiger partial charge on any atom is 0.145 e. The van der Waals surface area contributed by atoms with Crippen LogP contribution >= 0.6 is 0 Å². The number of nitrogens with zero attached hydrogens (tertiary/aromatic N) is 5. The normalized spacial score (nSPS) is 22.4. The summed E-state index contributed by atoms with van der Waals surface area (Å²) in [6.07, 6.45) is 8.23. The van der Waals surface area contributed by atoms with Crippen LogP contribution < -0.4 is 10.2 Å². The molecule has 2 aromatic heterocycles. The molecule has 2 aliphatic rings. The molecule has 132 valence electrons. The Hall–Kier alpha value is -2.76. The maximum atomic E-state index is 4.66. The Labute approximate surface area is 152 Å². The van der Waals surface area contributed by atoms with Crippen LogP contribution in [-0.4, -0.2) is 39.1 Å². The zero-order valence-electron chi connectivity index (χ0n) is 14.7. The molecule has 6 nitrogen and oxygen atoms in total. The molecular weight excluding hydrogens is 324 g/mol. The largest absolute Gasteiger partial charge is 0.366 e. The second-order valence-electron chi connectivity index (χ2n) is 7.25. The van der Waals surface area contributed by atoms with Crippen molar-refractivity contribution < 1.29 is 0 Å². The van der Waals surface area contributed by atoms with Crippen molar-refractivity contribution in [1.82, 2.24) is 19.9 Å². The molecule has 0 unspecified atom stereocenters. The summed E-state index contributed by atoms with van der Waals surface area (Å²) in [7, 11) is 0. The highest BCUT2D eigenvalue weighted by atomic mass is 15.2. The summed E-state index contributed by atoms with van der Waals surface area (Å²) in [4.78, 5) is 20.5. The number of fused-ring (bicyclic) bond motifs is 1. The van der Waals surface area contributed by atoms with Crippen molar-refractivity contribution in [3.8, 4) is 0 Å². The van der Waals surface area contributed by atoms with E-state index in [2.05, 4.69) is 36.2 Å². The summed E-state index contributed by atoms with van der Waals surface area (Å²) < 4.78 is 0. The van der Waals surface area contributed by atoms with Gasteiger partial charge in [0.2, 0.25) is 0 Å². The van der Waals surface area contributed by atoms with Crippen LogP contribution in [0.4, 0.5) is 11.6 Å². The molecule has 1 saturated carbocycles. The second-order valence-corrected chi connectivity index (χ2v) is 7.25. The topological polar surface area (TPSA) is 66.8 Å². The summed E-state index contributed by atoms with van der Waals surface area (Å²) in [6.45, 7) is 2.23. The molecule has 1 N–H and O–H groups in total. The lowest BCUT2D eigenvalue weighted by atomic mass is 9.78. The van der Waals surface area contributed by atoms with Crippen molar-refractivity contribution in [3.05, 3.63) is 48.5 Å². The zero-order chi connectivity index (χ0) is 17.3. The molecule has 1 saturated heterocycles. The maximum absolute atomic E-state index is 4.66. The van der Waals surface area contributed by atoms with Gasteiger partial charge in [-0.15, -0.1) is 0 Å². The Morgan fingerprint density at radius 1 is 0.962 bits per heavy atom. The molecule has 6 heteroatoms. The van der Waals surface area contributed by atoms with Gasteiger partial charge in [-0.05, 0) is 37.8 Å². The number of hydrogen-bond donors (Lipinski definition) is 1. The zero-order valence-corrected chi connectivity index (χ0v) is 14.7. The van der Waals surface area contributed by atoms with E-state index < -0.39 is 0 Å². The highest BCUT2D eigenvalue weighted by Crippen LogP contribution is 2.38. The van der Waals surface area contributed by atoms with Crippen LogP contribution in [0.1, 0.15) is 37.3 Å². The lowest BCUT2D eigenvalue weighted by Gasteiger charge is -2.36. The lowest BCUT2D eigenvalue weighted by molar-refractivity contribution is 0.366. The third-order valence-electron chi connectivity index (χ3n) is 5.46. The summed E-state index contributed by atoms with van der Waals surface area (Å²) in [5.74, 6) is 2.45. The Morgan fingerprint density at radius 3 is 2.62 bits per heavy atom. The summed E-state index contributed by atoms with van der Waals surface area (Å²) in [5, 5.41) is 3.51. The first-order valence-corrected chi connectivity index (χ1v) is 9.40. The molecule has 1 aromatic carbocycles. The van der Waals surface area contributed by atoms with E-state index in [9.17, 15) is 0 Å². The Balaban J connectivity index is 1.23. The van der Waals surface area contributed by atoms with E-state index >= 15 is 0 Å². The predicted octanol–water partition coefficient (Wildman–Crippen LogP) is 3.38. The van der Waals surface area contributed by atoms with Gasteiger partial charge in [-0.3, -0.25) is 4.98 Å². The molecule has 0 atom stereocenters. The number of para-hydroxylation sites is 2. The highest BCUT2D eigenvalue weighted by molar-refractivity contribution is 5.75. The van der Waals surface area contributed by atoms with E-state index in [0.717, 1.165) is 48.6 Å². The van der Waals surface area contributed by atoms with Gasteiger partial charge in [0.15, 0.2) is 0 Å². The summed E-state index contributed by atoms with van der Waals surface area (Å²) in [5.41, 5.74) is 3.03. The van der Waals surface area contributed by atoms with Gasteiger partial charge in [0.25, 0.3) is 0 Å². The van der Waals surface area contributed by atoms with Crippen LogP contribution in [0.15, 0.2) is 42.9 Å². The van der Waals surface area contributed by atoms with Crippen molar-refractivity contribution in [2.24, 2.45) is 0 Å². The molecule has 3 heterocycles. The van der Waals surface area contributed by atoms with E-state index in [-0.39, 0.29) is 0 Å². The minimum Gasteiger partial charge on any atom is -0.366 e. The second kappa shape index (κ2) is 6.52. The van der Waals surface area contributed by atoms with Crippen LogP contribution in [0.2, 0.25) is 0 Å². The molecule has 3 aromatic rings. The number of hydrogen-bond acceptors (Lipinski definition) is 6. The number of nitrogens with one attached hydrogen (secondary N) is 1. The fourth-order valence-electron chi connectivity index (χ4n) is 3.92. The average molecular weight is 346 g/mol. The Morgan fingerprint density at radius 2 is 1.77 bits per heavy atom. The van der Waals surface area contributed by atoms with Gasteiger partial charge in [0, 0.05) is 36.8 Å². The van der Waals surface area contributed by atoms with Gasteiger partial charge in [0.05, 0.1) is 17.2 Å². The molecule has 0 amide bonds. The van der Waals surface area contributed by atoms with E-state index in [1.807, 2.05) is 30.5 Å². The van der Waals surface area contributed by atoms with Gasteiger partial charge in [-0.2, -0.15) is 0 Å². The molecule has 1 aliphatic carbocycles. The predicted molar refractivity (Wildman–Crippen MR) is 102 cm³/mol. The minimum absolute atomic E-state index is 0.431. The monoisotopic (exact) mass is 346 g/mol. The third kappa shape index (κ3) is 2.96. The number of rotatable bonds is 4. The van der Waals surface area contributed by atoms with Gasteiger partial charge < -0.3 is 10.2 Å². The molecule has 2 fully saturated rings. The molecule has 0 radical (unpaired) electrons. The quantitative estimate of drug-likeness (QED) is 0.781. The first-order valence-electron chi connectivity index (χ1n) is 9.40. The van der Waals surface area contributed by atoms with Gasteiger partial charge in [0.1, 0.15) is 18.0 Å². The SMILES string of the molecule is c1ccc2nc(NC3CC(c4cc(N5CCCC5)ncn4)C3)cnc2c1. The minimum atomic E-state index is 0.431. The van der Waals surface area contributed by atoms with Crippen LogP contribution in [0.3, 0.4) is 0 Å². The van der Waals surface area contributed by atoms with Crippen molar-refractivity contribution >= 4 is 22.7 Å². The van der Waals surface area contributed by atoms with Crippen molar-refractivity contribution in [3.63, 3.8) is 0 Å². The fourth-order valence-corrected chi connectivity index (χ4v) is 3.92. The molecule has 1 aliphatic heterocycles. The van der Waals surface area contributed by atoms with Crippen LogP contribution in [0.25, 0.3) is 11.0 Å². The lowest BCUT2D eigenvalue weighted by Crippen LogP contribution is -2.35. The first-order chi connectivity index (χ1) is 12.8. The Kier molecular flexibility index (Phi) is 3.88. The van der Waals surface area contributed by atoms with E-state index in [4.69, 9.17) is 0 Å². The average Bonchev–Trinajstić information content (AvgIpc) is 3.19. The van der Waals surface area contributed by atoms with E-state index in [1.54, 1.807) is 6.33 Å². The molecule has 5 rings (SSSR count). The molecule has 0 bridgehead atoms. The smallest absolute Gasteiger partial charge is 0.145 e. The molecule has 0 spiro atoms. The fraction of sp³-hybridized carbons (Fsp3) is 0.400. The summed E-state index contributed by atoms with van der Waals surface area (Å²) in [6, 6.07) is 10.6. The van der Waals surface area contributed by atoms with Gasteiger partial charge in [-0.25, -0.2) is 15.0 Å². The number of benzene rings is 1. The van der Waals surface area contributed by atoms with Gasteiger partial charge >= 0.3 is 0 Å². The van der Waals surface area contributed by atoms with E-state index in [1.165, 1.54) is 18.5 Å². The standard InChI is InChI=1S/C20H22N6/c1-2-6-17-16(5-1)21-12-19(25-17)24-15-9-14(10-15)18-11-20(23-13-22-18)26-7-3-4-8-26/h1-2,5-6,11-15H,3-4,7-10H2,(H,24,25). The van der Waals surface area contributed by atoms with Crippen LogP contribution in [0.5, 0.6) is 0 Å². The van der Waals surface area contributed by atoms with Crippen molar-refractivity contribution in [1.29, 1.82) is 0 Å². The van der Waals surface area contributed by atoms with Crippen LogP contribution in [0, 0.1) is 0 Å². The summed E-state index contributed by atoms with van der Waals surface area (Å²) >= 11 is 0.